The average Bonchev–Trinajstić information content (AvgIpc) is 2.97. The number of benzene rings is 1. The molecule has 0 amide bonds. The molecule has 0 saturated carbocycles. The Balaban J connectivity index is 1.62. The molecule has 3 rings (SSSR count). The Bertz CT molecular complexity index is 574. The summed E-state index contributed by atoms with van der Waals surface area (Å²) in [7, 11) is 1.78. The number of piperidine rings is 1. The Hall–Kier alpha value is -1.36. The van der Waals surface area contributed by atoms with Gasteiger partial charge < -0.3 is 9.15 Å². The van der Waals surface area contributed by atoms with Crippen molar-refractivity contribution in [2.24, 2.45) is 0 Å². The zero-order valence-corrected chi connectivity index (χ0v) is 12.8. The molecule has 2 heterocycles. The second kappa shape index (κ2) is 6.60. The number of likely N-dealkylation sites (tertiary alicyclic amines) is 1. The molecule has 0 spiro atoms. The molecule has 0 radical (unpaired) electrons. The van der Waals surface area contributed by atoms with Gasteiger partial charge in [0.1, 0.15) is 0 Å². The van der Waals surface area contributed by atoms with E-state index in [9.17, 15) is 0 Å². The lowest BCUT2D eigenvalue weighted by molar-refractivity contribution is 0.0365. The lowest BCUT2D eigenvalue weighted by Crippen LogP contribution is -2.36. The third-order valence-corrected chi connectivity index (χ3v) is 4.16. The van der Waals surface area contributed by atoms with Gasteiger partial charge in [-0.05, 0) is 37.1 Å². The van der Waals surface area contributed by atoms with E-state index in [1.165, 1.54) is 0 Å². The highest BCUT2D eigenvalue weighted by atomic mass is 35.5. The van der Waals surface area contributed by atoms with E-state index >= 15 is 0 Å². The van der Waals surface area contributed by atoms with E-state index < -0.39 is 0 Å². The van der Waals surface area contributed by atoms with Crippen LogP contribution in [0, 0.1) is 0 Å². The number of aromatic nitrogens is 1. The summed E-state index contributed by atoms with van der Waals surface area (Å²) in [5.41, 5.74) is 0.997. The van der Waals surface area contributed by atoms with Crippen LogP contribution in [0.3, 0.4) is 0 Å². The molecule has 0 atom stereocenters. The SMILES string of the molecule is COC1CCN(Cc2ncc(-c3ccc(Cl)cc3)o2)CC1. The highest BCUT2D eigenvalue weighted by molar-refractivity contribution is 6.30. The predicted molar refractivity (Wildman–Crippen MR) is 82.3 cm³/mol. The Morgan fingerprint density at radius 1 is 1.29 bits per heavy atom. The molecule has 1 aliphatic rings. The quantitative estimate of drug-likeness (QED) is 0.865. The number of hydrogen-bond donors (Lipinski definition) is 0. The molecule has 0 unspecified atom stereocenters. The van der Waals surface area contributed by atoms with Gasteiger partial charge in [-0.25, -0.2) is 4.98 Å². The summed E-state index contributed by atoms with van der Waals surface area (Å²) < 4.78 is 11.2. The second-order valence-corrected chi connectivity index (χ2v) is 5.77. The maximum Gasteiger partial charge on any atom is 0.209 e. The van der Waals surface area contributed by atoms with E-state index in [1.54, 1.807) is 13.3 Å². The maximum absolute atomic E-state index is 5.89. The smallest absolute Gasteiger partial charge is 0.209 e. The van der Waals surface area contributed by atoms with E-state index in [0.29, 0.717) is 6.10 Å². The summed E-state index contributed by atoms with van der Waals surface area (Å²) in [5.74, 6) is 1.55. The van der Waals surface area contributed by atoms with Gasteiger partial charge in [-0.1, -0.05) is 11.6 Å². The summed E-state index contributed by atoms with van der Waals surface area (Å²) in [4.78, 5) is 6.73. The van der Waals surface area contributed by atoms with Crippen LogP contribution in [0.1, 0.15) is 18.7 Å². The minimum Gasteiger partial charge on any atom is -0.439 e. The van der Waals surface area contributed by atoms with Crippen LogP contribution in [0.15, 0.2) is 34.9 Å². The number of oxazole rings is 1. The Morgan fingerprint density at radius 2 is 2.00 bits per heavy atom. The van der Waals surface area contributed by atoms with Gasteiger partial charge in [-0.3, -0.25) is 4.90 Å². The van der Waals surface area contributed by atoms with Crippen molar-refractivity contribution in [3.05, 3.63) is 41.4 Å². The first kappa shape index (κ1) is 14.6. The zero-order valence-electron chi connectivity index (χ0n) is 12.1. The van der Waals surface area contributed by atoms with E-state index in [1.807, 2.05) is 24.3 Å². The summed E-state index contributed by atoms with van der Waals surface area (Å²) in [6.45, 7) is 2.80. The highest BCUT2D eigenvalue weighted by Gasteiger charge is 2.20. The lowest BCUT2D eigenvalue weighted by Gasteiger charge is -2.30. The molecule has 1 aliphatic heterocycles. The van der Waals surface area contributed by atoms with Crippen LogP contribution in [0.5, 0.6) is 0 Å². The predicted octanol–water partition coefficient (Wildman–Crippen LogP) is 3.61. The summed E-state index contributed by atoms with van der Waals surface area (Å²) >= 11 is 5.89. The van der Waals surface area contributed by atoms with E-state index in [4.69, 9.17) is 20.8 Å². The van der Waals surface area contributed by atoms with Crippen molar-refractivity contribution in [3.8, 4) is 11.3 Å². The molecular weight excluding hydrogens is 288 g/mol. The second-order valence-electron chi connectivity index (χ2n) is 5.34. The molecule has 1 aromatic heterocycles. The molecule has 1 saturated heterocycles. The van der Waals surface area contributed by atoms with Crippen molar-refractivity contribution in [1.82, 2.24) is 9.88 Å². The van der Waals surface area contributed by atoms with Gasteiger partial charge >= 0.3 is 0 Å². The number of methoxy groups -OCH3 is 1. The van der Waals surface area contributed by atoms with Gasteiger partial charge in [0.15, 0.2) is 5.76 Å². The third-order valence-electron chi connectivity index (χ3n) is 3.91. The van der Waals surface area contributed by atoms with Crippen molar-refractivity contribution in [2.75, 3.05) is 20.2 Å². The van der Waals surface area contributed by atoms with E-state index in [2.05, 4.69) is 9.88 Å². The van der Waals surface area contributed by atoms with Gasteiger partial charge in [-0.15, -0.1) is 0 Å². The lowest BCUT2D eigenvalue weighted by atomic mass is 10.1. The van der Waals surface area contributed by atoms with Crippen LogP contribution < -0.4 is 0 Å². The topological polar surface area (TPSA) is 38.5 Å². The summed E-state index contributed by atoms with van der Waals surface area (Å²) in [6.07, 6.45) is 4.32. The molecule has 1 fully saturated rings. The van der Waals surface area contributed by atoms with Crippen LogP contribution in [-0.2, 0) is 11.3 Å². The molecular formula is C16H19ClN2O2. The number of rotatable bonds is 4. The number of hydrogen-bond acceptors (Lipinski definition) is 4. The molecule has 0 bridgehead atoms. The maximum atomic E-state index is 5.89. The fraction of sp³-hybridized carbons (Fsp3) is 0.438. The van der Waals surface area contributed by atoms with Crippen molar-refractivity contribution in [2.45, 2.75) is 25.5 Å². The minimum absolute atomic E-state index is 0.399. The minimum atomic E-state index is 0.399. The Kier molecular flexibility index (Phi) is 4.58. The van der Waals surface area contributed by atoms with Gasteiger partial charge in [0.05, 0.1) is 18.8 Å². The number of ether oxygens (including phenoxy) is 1. The average molecular weight is 307 g/mol. The first-order valence-electron chi connectivity index (χ1n) is 7.20. The number of halogens is 1. The standard InChI is InChI=1S/C16H19ClN2O2/c1-20-14-6-8-19(9-7-14)11-16-18-10-15(21-16)12-2-4-13(17)5-3-12/h2-5,10,14H,6-9,11H2,1H3. The molecule has 0 aliphatic carbocycles. The van der Waals surface area contributed by atoms with Gasteiger partial charge in [0.2, 0.25) is 5.89 Å². The Morgan fingerprint density at radius 3 is 2.67 bits per heavy atom. The van der Waals surface area contributed by atoms with Crippen molar-refractivity contribution in [3.63, 3.8) is 0 Å². The van der Waals surface area contributed by atoms with Crippen LogP contribution >= 0.6 is 11.6 Å². The zero-order chi connectivity index (χ0) is 14.7. The van der Waals surface area contributed by atoms with Gasteiger partial charge in [0.25, 0.3) is 0 Å². The van der Waals surface area contributed by atoms with Crippen molar-refractivity contribution in [1.29, 1.82) is 0 Å². The van der Waals surface area contributed by atoms with Crippen LogP contribution in [0.25, 0.3) is 11.3 Å². The highest BCUT2D eigenvalue weighted by Crippen LogP contribution is 2.23. The number of nitrogens with zero attached hydrogens (tertiary/aromatic N) is 2. The first-order chi connectivity index (χ1) is 10.2. The van der Waals surface area contributed by atoms with E-state index in [-0.39, 0.29) is 0 Å². The van der Waals surface area contributed by atoms with Crippen LogP contribution in [0.2, 0.25) is 5.02 Å². The molecule has 5 heteroatoms. The third kappa shape index (κ3) is 3.64. The molecule has 4 nitrogen and oxygen atoms in total. The fourth-order valence-corrected chi connectivity index (χ4v) is 2.75. The van der Waals surface area contributed by atoms with Crippen LogP contribution in [-0.4, -0.2) is 36.2 Å². The van der Waals surface area contributed by atoms with Crippen LogP contribution in [0.4, 0.5) is 0 Å². The van der Waals surface area contributed by atoms with Gasteiger partial charge in [-0.2, -0.15) is 0 Å². The molecule has 1 aromatic carbocycles. The Labute approximate surface area is 129 Å². The first-order valence-corrected chi connectivity index (χ1v) is 7.58. The normalized spacial score (nSPS) is 17.2. The van der Waals surface area contributed by atoms with Crippen molar-refractivity contribution >= 4 is 11.6 Å². The molecule has 0 N–H and O–H groups in total. The molecule has 112 valence electrons. The molecule has 2 aromatic rings. The largest absolute Gasteiger partial charge is 0.439 e. The monoisotopic (exact) mass is 306 g/mol. The van der Waals surface area contributed by atoms with E-state index in [0.717, 1.165) is 54.7 Å². The van der Waals surface area contributed by atoms with Gasteiger partial charge in [0, 0.05) is 30.8 Å². The fourth-order valence-electron chi connectivity index (χ4n) is 2.63. The summed E-state index contributed by atoms with van der Waals surface area (Å²) in [6, 6.07) is 7.59. The summed E-state index contributed by atoms with van der Waals surface area (Å²) in [5, 5.41) is 0.722. The molecule has 21 heavy (non-hydrogen) atoms. The van der Waals surface area contributed by atoms with Crippen molar-refractivity contribution < 1.29 is 9.15 Å².